The molecule has 1 aromatic heterocycles. The van der Waals surface area contributed by atoms with Gasteiger partial charge in [0.25, 0.3) is 5.91 Å². The van der Waals surface area contributed by atoms with Gasteiger partial charge in [-0.2, -0.15) is 5.10 Å². The predicted molar refractivity (Wildman–Crippen MR) is 132 cm³/mol. The van der Waals surface area contributed by atoms with Gasteiger partial charge >= 0.3 is 0 Å². The highest BCUT2D eigenvalue weighted by atomic mass is 16.1. The van der Waals surface area contributed by atoms with E-state index in [1.807, 2.05) is 61.0 Å². The van der Waals surface area contributed by atoms with Crippen LogP contribution >= 0.6 is 0 Å². The highest BCUT2D eigenvalue weighted by molar-refractivity contribution is 5.94. The summed E-state index contributed by atoms with van der Waals surface area (Å²) >= 11 is 0. The van der Waals surface area contributed by atoms with Gasteiger partial charge in [0.15, 0.2) is 0 Å². The van der Waals surface area contributed by atoms with Crippen molar-refractivity contribution in [3.63, 3.8) is 0 Å². The van der Waals surface area contributed by atoms with Crippen LogP contribution in [0.3, 0.4) is 0 Å². The molecule has 2 heterocycles. The molecule has 33 heavy (non-hydrogen) atoms. The normalized spacial score (nSPS) is 17.2. The van der Waals surface area contributed by atoms with E-state index >= 15 is 0 Å². The van der Waals surface area contributed by atoms with Gasteiger partial charge in [0.05, 0.1) is 17.4 Å². The third-order valence-corrected chi connectivity index (χ3v) is 6.34. The van der Waals surface area contributed by atoms with E-state index in [1.165, 1.54) is 11.1 Å². The number of anilines is 1. The van der Waals surface area contributed by atoms with Crippen molar-refractivity contribution in [2.45, 2.75) is 32.7 Å². The van der Waals surface area contributed by atoms with Crippen molar-refractivity contribution in [2.75, 3.05) is 11.9 Å². The zero-order chi connectivity index (χ0) is 22.9. The first-order chi connectivity index (χ1) is 16.0. The second kappa shape index (κ2) is 8.58. The van der Waals surface area contributed by atoms with E-state index in [9.17, 15) is 4.79 Å². The SMILES string of the molecule is Cc1ccc([C@H]2c3c(C)nn(-c4ccccc4)c3NC[C@@H]2NC(=O)c2cccc(C)c2)cc1. The second-order valence-electron chi connectivity index (χ2n) is 8.81. The largest absolute Gasteiger partial charge is 0.368 e. The molecule has 0 aliphatic carbocycles. The van der Waals surface area contributed by atoms with Gasteiger partial charge in [0, 0.05) is 23.6 Å². The van der Waals surface area contributed by atoms with E-state index in [4.69, 9.17) is 5.10 Å². The van der Waals surface area contributed by atoms with Crippen LogP contribution in [-0.2, 0) is 0 Å². The number of para-hydroxylation sites is 1. The number of carbonyl (C=O) groups is 1. The Morgan fingerprint density at radius 1 is 0.939 bits per heavy atom. The van der Waals surface area contributed by atoms with Crippen LogP contribution < -0.4 is 10.6 Å². The summed E-state index contributed by atoms with van der Waals surface area (Å²) < 4.78 is 1.98. The first-order valence-corrected chi connectivity index (χ1v) is 11.3. The van der Waals surface area contributed by atoms with Crippen LogP contribution in [0, 0.1) is 20.8 Å². The number of aryl methyl sites for hydroxylation is 3. The number of carbonyl (C=O) groups excluding carboxylic acids is 1. The zero-order valence-corrected chi connectivity index (χ0v) is 19.2. The van der Waals surface area contributed by atoms with Gasteiger partial charge in [-0.3, -0.25) is 4.79 Å². The minimum atomic E-state index is -0.111. The van der Waals surface area contributed by atoms with Gasteiger partial charge in [0.2, 0.25) is 0 Å². The molecule has 0 unspecified atom stereocenters. The van der Waals surface area contributed by atoms with E-state index in [-0.39, 0.29) is 17.9 Å². The van der Waals surface area contributed by atoms with Crippen molar-refractivity contribution in [1.29, 1.82) is 0 Å². The monoisotopic (exact) mass is 436 g/mol. The Labute approximate surface area is 194 Å². The maximum absolute atomic E-state index is 13.2. The Hall–Kier alpha value is -3.86. The van der Waals surface area contributed by atoms with Crippen LogP contribution in [0.15, 0.2) is 78.9 Å². The molecule has 166 valence electrons. The van der Waals surface area contributed by atoms with Crippen LogP contribution in [0.5, 0.6) is 0 Å². The van der Waals surface area contributed by atoms with Gasteiger partial charge in [-0.1, -0.05) is 65.7 Å². The van der Waals surface area contributed by atoms with Gasteiger partial charge in [-0.25, -0.2) is 4.68 Å². The zero-order valence-electron chi connectivity index (χ0n) is 19.2. The van der Waals surface area contributed by atoms with Gasteiger partial charge in [0.1, 0.15) is 5.82 Å². The molecule has 5 rings (SSSR count). The molecule has 5 nitrogen and oxygen atoms in total. The van der Waals surface area contributed by atoms with Gasteiger partial charge < -0.3 is 10.6 Å². The van der Waals surface area contributed by atoms with Crippen LogP contribution in [0.1, 0.15) is 44.2 Å². The molecule has 0 saturated heterocycles. The van der Waals surface area contributed by atoms with E-state index in [0.29, 0.717) is 12.1 Å². The quantitative estimate of drug-likeness (QED) is 0.465. The Morgan fingerprint density at radius 2 is 1.70 bits per heavy atom. The third-order valence-electron chi connectivity index (χ3n) is 6.34. The molecule has 0 fully saturated rings. The minimum Gasteiger partial charge on any atom is -0.368 e. The maximum atomic E-state index is 13.2. The number of fused-ring (bicyclic) bond motifs is 1. The average molecular weight is 437 g/mol. The Kier molecular flexibility index (Phi) is 5.47. The van der Waals surface area contributed by atoms with E-state index < -0.39 is 0 Å². The number of aromatic nitrogens is 2. The van der Waals surface area contributed by atoms with Gasteiger partial charge in [-0.15, -0.1) is 0 Å². The summed E-state index contributed by atoms with van der Waals surface area (Å²) in [5, 5.41) is 11.8. The summed E-state index contributed by atoms with van der Waals surface area (Å²) in [7, 11) is 0. The molecular weight excluding hydrogens is 408 g/mol. The lowest BCUT2D eigenvalue weighted by atomic mass is 9.82. The van der Waals surface area contributed by atoms with E-state index in [1.54, 1.807) is 0 Å². The molecule has 0 radical (unpaired) electrons. The minimum absolute atomic E-state index is 0.00642. The molecule has 0 saturated carbocycles. The maximum Gasteiger partial charge on any atom is 0.251 e. The number of amides is 1. The lowest BCUT2D eigenvalue weighted by Gasteiger charge is -2.34. The van der Waals surface area contributed by atoms with E-state index in [2.05, 4.69) is 54.0 Å². The fraction of sp³-hybridized carbons (Fsp3) is 0.214. The number of nitrogens with one attached hydrogen (secondary N) is 2. The smallest absolute Gasteiger partial charge is 0.251 e. The van der Waals surface area contributed by atoms with Crippen molar-refractivity contribution >= 4 is 11.7 Å². The first kappa shape index (κ1) is 21.0. The summed E-state index contributed by atoms with van der Waals surface area (Å²) in [6, 6.07) is 26.4. The number of nitrogens with zero attached hydrogens (tertiary/aromatic N) is 2. The molecule has 5 heteroatoms. The van der Waals surface area contributed by atoms with Crippen molar-refractivity contribution < 1.29 is 4.79 Å². The molecule has 2 N–H and O–H groups in total. The molecule has 2 atom stereocenters. The Bertz CT molecular complexity index is 1290. The van der Waals surface area contributed by atoms with Crippen molar-refractivity contribution in [3.8, 4) is 5.69 Å². The molecule has 3 aromatic carbocycles. The van der Waals surface area contributed by atoms with Crippen LogP contribution in [0.2, 0.25) is 0 Å². The lowest BCUT2D eigenvalue weighted by molar-refractivity contribution is 0.0934. The lowest BCUT2D eigenvalue weighted by Crippen LogP contribution is -2.47. The number of hydrogen-bond acceptors (Lipinski definition) is 3. The number of hydrogen-bond donors (Lipinski definition) is 2. The van der Waals surface area contributed by atoms with Crippen LogP contribution in [0.4, 0.5) is 5.82 Å². The molecule has 0 bridgehead atoms. The Balaban J connectivity index is 1.57. The predicted octanol–water partition coefficient (Wildman–Crippen LogP) is 5.15. The Morgan fingerprint density at radius 3 is 2.42 bits per heavy atom. The topological polar surface area (TPSA) is 59.0 Å². The first-order valence-electron chi connectivity index (χ1n) is 11.3. The summed E-state index contributed by atoms with van der Waals surface area (Å²) in [5.41, 5.74) is 7.24. The molecule has 1 aliphatic rings. The fourth-order valence-electron chi connectivity index (χ4n) is 4.71. The van der Waals surface area contributed by atoms with Gasteiger partial charge in [-0.05, 0) is 50.6 Å². The summed E-state index contributed by atoms with van der Waals surface area (Å²) in [6.07, 6.45) is 0. The number of rotatable bonds is 4. The second-order valence-corrected chi connectivity index (χ2v) is 8.81. The van der Waals surface area contributed by atoms with Crippen LogP contribution in [-0.4, -0.2) is 28.3 Å². The molecule has 1 amide bonds. The highest BCUT2D eigenvalue weighted by Gasteiger charge is 2.36. The van der Waals surface area contributed by atoms with Crippen molar-refractivity contribution in [3.05, 3.63) is 112 Å². The number of benzene rings is 3. The summed E-state index contributed by atoms with van der Waals surface area (Å²) in [4.78, 5) is 13.2. The standard InChI is InChI=1S/C28H28N4O/c1-18-12-14-21(15-13-18)26-24(30-28(33)22-9-7-8-19(2)16-22)17-29-27-25(26)20(3)31-32(27)23-10-5-4-6-11-23/h4-16,24,26,29H,17H2,1-3H3,(H,30,33)/t24-,26+/m0/s1. The van der Waals surface area contributed by atoms with Crippen LogP contribution in [0.25, 0.3) is 5.69 Å². The third kappa shape index (κ3) is 4.02. The molecular formula is C28H28N4O. The summed E-state index contributed by atoms with van der Waals surface area (Å²) in [6.45, 7) is 6.75. The fourth-order valence-corrected chi connectivity index (χ4v) is 4.71. The van der Waals surface area contributed by atoms with Crippen molar-refractivity contribution in [1.82, 2.24) is 15.1 Å². The summed E-state index contributed by atoms with van der Waals surface area (Å²) in [5.74, 6) is 0.928. The molecule has 4 aromatic rings. The van der Waals surface area contributed by atoms with E-state index in [0.717, 1.165) is 28.3 Å². The molecule has 1 aliphatic heterocycles. The average Bonchev–Trinajstić information content (AvgIpc) is 3.17. The highest BCUT2D eigenvalue weighted by Crippen LogP contribution is 2.40. The molecule has 0 spiro atoms. The van der Waals surface area contributed by atoms with Crippen molar-refractivity contribution in [2.24, 2.45) is 0 Å².